The summed E-state index contributed by atoms with van der Waals surface area (Å²) in [5.41, 5.74) is 6.31. The number of rotatable bonds is 4. The molecule has 0 bridgehead atoms. The highest BCUT2D eigenvalue weighted by Gasteiger charge is 2.21. The maximum Gasteiger partial charge on any atom is 0.260 e. The second-order valence-electron chi connectivity index (χ2n) is 4.00. The monoisotopic (exact) mass is 300 g/mol. The van der Waals surface area contributed by atoms with Gasteiger partial charge in [0, 0.05) is 18.6 Å². The summed E-state index contributed by atoms with van der Waals surface area (Å²) in [6.45, 7) is 0.132. The molecule has 0 radical (unpaired) electrons. The molecular formula is C11H13ClN4O2S. The van der Waals surface area contributed by atoms with E-state index < -0.39 is 10.0 Å². The van der Waals surface area contributed by atoms with E-state index in [4.69, 9.17) is 17.3 Å². The largest absolute Gasteiger partial charge is 0.381 e. The number of imidazole rings is 1. The molecular weight excluding hydrogens is 288 g/mol. The van der Waals surface area contributed by atoms with Crippen LogP contribution in [0.3, 0.4) is 0 Å². The normalized spacial score (nSPS) is 11.7. The zero-order valence-corrected chi connectivity index (χ0v) is 11.7. The predicted molar refractivity (Wildman–Crippen MR) is 73.1 cm³/mol. The average molecular weight is 301 g/mol. The van der Waals surface area contributed by atoms with E-state index >= 15 is 0 Å². The zero-order chi connectivity index (χ0) is 14.0. The quantitative estimate of drug-likeness (QED) is 0.886. The number of hydrogen-bond donors (Lipinski definition) is 2. The molecule has 0 aliphatic carbocycles. The molecule has 0 fully saturated rings. The Morgan fingerprint density at radius 1 is 1.47 bits per heavy atom. The van der Waals surface area contributed by atoms with Crippen LogP contribution in [0.25, 0.3) is 0 Å². The van der Waals surface area contributed by atoms with Crippen molar-refractivity contribution < 1.29 is 8.42 Å². The smallest absolute Gasteiger partial charge is 0.260 e. The fourth-order valence-corrected chi connectivity index (χ4v) is 3.12. The highest BCUT2D eigenvalue weighted by Crippen LogP contribution is 2.16. The molecule has 0 saturated heterocycles. The van der Waals surface area contributed by atoms with Crippen molar-refractivity contribution in [1.82, 2.24) is 14.3 Å². The molecule has 1 aromatic carbocycles. The molecule has 3 N–H and O–H groups in total. The van der Waals surface area contributed by atoms with Gasteiger partial charge in [-0.2, -0.15) is 0 Å². The van der Waals surface area contributed by atoms with E-state index in [0.717, 1.165) is 5.56 Å². The topological polar surface area (TPSA) is 90.0 Å². The third-order valence-corrected chi connectivity index (χ3v) is 4.29. The van der Waals surface area contributed by atoms with Gasteiger partial charge in [-0.15, -0.1) is 0 Å². The Labute approximate surface area is 116 Å². The van der Waals surface area contributed by atoms with Gasteiger partial charge in [-0.25, -0.2) is 18.1 Å². The van der Waals surface area contributed by atoms with E-state index in [1.54, 1.807) is 31.3 Å². The van der Waals surface area contributed by atoms with Crippen LogP contribution in [0.2, 0.25) is 5.02 Å². The van der Waals surface area contributed by atoms with Gasteiger partial charge in [0.15, 0.2) is 10.8 Å². The van der Waals surface area contributed by atoms with Crippen molar-refractivity contribution >= 4 is 27.4 Å². The number of aromatic nitrogens is 2. The van der Waals surface area contributed by atoms with Gasteiger partial charge >= 0.3 is 0 Å². The number of aryl methyl sites for hydroxylation is 1. The first-order chi connectivity index (χ1) is 8.90. The van der Waals surface area contributed by atoms with Crippen LogP contribution < -0.4 is 10.5 Å². The van der Waals surface area contributed by atoms with E-state index in [9.17, 15) is 8.42 Å². The standard InChI is InChI=1S/C11H13ClN4O2S/c1-16-7-14-10(13)11(16)19(17,18)15-6-8-3-2-4-9(12)5-8/h2-5,7,15H,6,13H2,1H3. The minimum Gasteiger partial charge on any atom is -0.381 e. The van der Waals surface area contributed by atoms with E-state index in [0.29, 0.717) is 5.02 Å². The average Bonchev–Trinajstić information content (AvgIpc) is 2.67. The summed E-state index contributed by atoms with van der Waals surface area (Å²) >= 11 is 5.83. The summed E-state index contributed by atoms with van der Waals surface area (Å²) < 4.78 is 28.0. The molecule has 6 nitrogen and oxygen atoms in total. The first-order valence-corrected chi connectivity index (χ1v) is 7.27. The Morgan fingerprint density at radius 2 is 2.21 bits per heavy atom. The molecule has 8 heteroatoms. The number of hydrogen-bond acceptors (Lipinski definition) is 4. The second-order valence-corrected chi connectivity index (χ2v) is 6.12. The van der Waals surface area contributed by atoms with Crippen LogP contribution in [0, 0.1) is 0 Å². The van der Waals surface area contributed by atoms with Crippen molar-refractivity contribution in [2.45, 2.75) is 11.6 Å². The molecule has 1 aromatic heterocycles. The summed E-state index contributed by atoms with van der Waals surface area (Å²) in [7, 11) is -2.14. The molecule has 0 unspecified atom stereocenters. The van der Waals surface area contributed by atoms with Gasteiger partial charge in [0.2, 0.25) is 0 Å². The summed E-state index contributed by atoms with van der Waals surface area (Å²) in [6, 6.07) is 6.95. The first kappa shape index (κ1) is 13.9. The van der Waals surface area contributed by atoms with Gasteiger partial charge in [0.05, 0.1) is 6.33 Å². The number of nitrogens with one attached hydrogen (secondary N) is 1. The van der Waals surface area contributed by atoms with Crippen molar-refractivity contribution in [3.63, 3.8) is 0 Å². The minimum absolute atomic E-state index is 0.0268. The number of sulfonamides is 1. The maximum absolute atomic E-state index is 12.1. The van der Waals surface area contributed by atoms with Gasteiger partial charge < -0.3 is 10.3 Å². The first-order valence-electron chi connectivity index (χ1n) is 5.41. The van der Waals surface area contributed by atoms with Crippen molar-refractivity contribution in [3.05, 3.63) is 41.2 Å². The Bertz CT molecular complexity index is 677. The highest BCUT2D eigenvalue weighted by molar-refractivity contribution is 7.89. The van der Waals surface area contributed by atoms with E-state index in [1.807, 2.05) is 0 Å². The predicted octanol–water partition coefficient (Wildman–Crippen LogP) is 1.13. The van der Waals surface area contributed by atoms with Crippen LogP contribution in [0.1, 0.15) is 5.56 Å². The third kappa shape index (κ3) is 3.06. The van der Waals surface area contributed by atoms with Crippen LogP contribution in [0.5, 0.6) is 0 Å². The molecule has 2 rings (SSSR count). The van der Waals surface area contributed by atoms with Crippen molar-refractivity contribution in [1.29, 1.82) is 0 Å². The Morgan fingerprint density at radius 3 is 2.79 bits per heavy atom. The lowest BCUT2D eigenvalue weighted by Gasteiger charge is -2.08. The lowest BCUT2D eigenvalue weighted by molar-refractivity contribution is 0.571. The van der Waals surface area contributed by atoms with Gasteiger partial charge in [-0.05, 0) is 17.7 Å². The number of benzene rings is 1. The van der Waals surface area contributed by atoms with Crippen molar-refractivity contribution in [3.8, 4) is 0 Å². The fraction of sp³-hybridized carbons (Fsp3) is 0.182. The number of halogens is 1. The molecule has 1 heterocycles. The Kier molecular flexibility index (Phi) is 3.79. The molecule has 0 saturated carbocycles. The molecule has 0 spiro atoms. The van der Waals surface area contributed by atoms with Gasteiger partial charge in [-0.1, -0.05) is 23.7 Å². The maximum atomic E-state index is 12.1. The molecule has 19 heavy (non-hydrogen) atoms. The summed E-state index contributed by atoms with van der Waals surface area (Å²) in [5.74, 6) is -0.0268. The van der Waals surface area contributed by atoms with Crippen molar-refractivity contribution in [2.24, 2.45) is 7.05 Å². The molecule has 0 aliphatic heterocycles. The van der Waals surface area contributed by atoms with Gasteiger partial charge in [0.1, 0.15) is 0 Å². The third-order valence-electron chi connectivity index (χ3n) is 2.52. The van der Waals surface area contributed by atoms with Gasteiger partial charge in [0.25, 0.3) is 10.0 Å². The lowest BCUT2D eigenvalue weighted by Crippen LogP contribution is -2.25. The van der Waals surface area contributed by atoms with Crippen LogP contribution in [-0.2, 0) is 23.6 Å². The van der Waals surface area contributed by atoms with Crippen molar-refractivity contribution in [2.75, 3.05) is 5.73 Å². The lowest BCUT2D eigenvalue weighted by atomic mass is 10.2. The number of nitrogens with two attached hydrogens (primary N) is 1. The minimum atomic E-state index is -3.71. The fourth-order valence-electron chi connectivity index (χ4n) is 1.66. The molecule has 0 aliphatic rings. The Balaban J connectivity index is 2.19. The van der Waals surface area contributed by atoms with Crippen LogP contribution >= 0.6 is 11.6 Å². The molecule has 0 atom stereocenters. The number of nitrogens with zero attached hydrogens (tertiary/aromatic N) is 2. The van der Waals surface area contributed by atoms with Crippen LogP contribution in [0.15, 0.2) is 35.6 Å². The molecule has 2 aromatic rings. The van der Waals surface area contributed by atoms with E-state index in [1.165, 1.54) is 10.9 Å². The van der Waals surface area contributed by atoms with E-state index in [-0.39, 0.29) is 17.4 Å². The highest BCUT2D eigenvalue weighted by atomic mass is 35.5. The van der Waals surface area contributed by atoms with Crippen LogP contribution in [-0.4, -0.2) is 18.0 Å². The summed E-state index contributed by atoms with van der Waals surface area (Å²) in [4.78, 5) is 3.75. The second kappa shape index (κ2) is 5.20. The summed E-state index contributed by atoms with van der Waals surface area (Å²) in [6.07, 6.45) is 1.35. The summed E-state index contributed by atoms with van der Waals surface area (Å²) in [5, 5.41) is 0.506. The number of anilines is 1. The molecule has 102 valence electrons. The Hall–Kier alpha value is -1.57. The molecule has 0 amide bonds. The number of nitrogen functional groups attached to an aromatic ring is 1. The zero-order valence-electron chi connectivity index (χ0n) is 10.2. The van der Waals surface area contributed by atoms with E-state index in [2.05, 4.69) is 9.71 Å². The SMILES string of the molecule is Cn1cnc(N)c1S(=O)(=O)NCc1cccc(Cl)c1. The van der Waals surface area contributed by atoms with Gasteiger partial charge in [-0.3, -0.25) is 0 Å². The van der Waals surface area contributed by atoms with Crippen LogP contribution in [0.4, 0.5) is 5.82 Å².